The third kappa shape index (κ3) is 5.02. The number of aryl methyl sites for hydroxylation is 2. The first-order valence-corrected chi connectivity index (χ1v) is 12.1. The van der Waals surface area contributed by atoms with E-state index in [9.17, 15) is 18.3 Å². The molecule has 1 amide bonds. The summed E-state index contributed by atoms with van der Waals surface area (Å²) in [5.41, 5.74) is 2.67. The van der Waals surface area contributed by atoms with Crippen LogP contribution in [-0.2, 0) is 10.0 Å². The number of pyridine rings is 1. The number of amides is 1. The molecule has 0 aliphatic heterocycles. The Labute approximate surface area is 195 Å². The molecule has 3 N–H and O–H groups in total. The highest BCUT2D eigenvalue weighted by Crippen LogP contribution is 2.35. The van der Waals surface area contributed by atoms with E-state index >= 15 is 0 Å². The van der Waals surface area contributed by atoms with Gasteiger partial charge >= 0.3 is 0 Å². The molecular formula is C23H20N4O4S2. The van der Waals surface area contributed by atoms with Gasteiger partial charge in [0.2, 0.25) is 0 Å². The number of sulfonamides is 1. The molecule has 0 aliphatic rings. The van der Waals surface area contributed by atoms with E-state index in [4.69, 9.17) is 0 Å². The molecule has 10 heteroatoms. The Morgan fingerprint density at radius 1 is 1.06 bits per heavy atom. The average Bonchev–Trinajstić information content (AvgIpc) is 3.16. The quantitative estimate of drug-likeness (QED) is 0.347. The lowest BCUT2D eigenvalue weighted by Gasteiger charge is -2.12. The fourth-order valence-corrected chi connectivity index (χ4v) is 5.44. The number of aromatic hydroxyl groups is 1. The van der Waals surface area contributed by atoms with Crippen LogP contribution in [0.4, 0.5) is 10.8 Å². The van der Waals surface area contributed by atoms with Crippen molar-refractivity contribution in [2.24, 2.45) is 0 Å². The van der Waals surface area contributed by atoms with Gasteiger partial charge in [0, 0.05) is 18.1 Å². The SMILES string of the molecule is Cc1ccc(-c2sc(NC(=O)c3cccnc3)nc2C)cc1S(=O)(=O)Nc1ccc(O)cc1. The van der Waals surface area contributed by atoms with E-state index in [0.29, 0.717) is 33.2 Å². The number of benzene rings is 2. The van der Waals surface area contributed by atoms with Gasteiger partial charge in [-0.1, -0.05) is 23.5 Å². The van der Waals surface area contributed by atoms with E-state index in [0.717, 1.165) is 4.88 Å². The highest BCUT2D eigenvalue weighted by Gasteiger charge is 2.20. The first-order valence-electron chi connectivity index (χ1n) is 9.84. The third-order valence-electron chi connectivity index (χ3n) is 4.80. The number of anilines is 2. The minimum Gasteiger partial charge on any atom is -0.508 e. The maximum atomic E-state index is 13.0. The number of aromatic nitrogens is 2. The summed E-state index contributed by atoms with van der Waals surface area (Å²) < 4.78 is 28.6. The molecule has 0 fully saturated rings. The van der Waals surface area contributed by atoms with Crippen molar-refractivity contribution in [3.63, 3.8) is 0 Å². The van der Waals surface area contributed by atoms with Crippen LogP contribution in [0.15, 0.2) is 71.9 Å². The minimum absolute atomic E-state index is 0.0446. The van der Waals surface area contributed by atoms with Crippen LogP contribution in [-0.4, -0.2) is 29.4 Å². The zero-order valence-corrected chi connectivity index (χ0v) is 19.4. The van der Waals surface area contributed by atoms with Crippen molar-refractivity contribution in [2.75, 3.05) is 10.0 Å². The second-order valence-electron chi connectivity index (χ2n) is 7.26. The molecule has 0 unspecified atom stereocenters. The number of hydrogen-bond donors (Lipinski definition) is 3. The van der Waals surface area contributed by atoms with E-state index in [-0.39, 0.29) is 16.6 Å². The van der Waals surface area contributed by atoms with Crippen LogP contribution in [0, 0.1) is 13.8 Å². The van der Waals surface area contributed by atoms with Gasteiger partial charge in [0.1, 0.15) is 5.75 Å². The Hall–Kier alpha value is -3.76. The van der Waals surface area contributed by atoms with Crippen LogP contribution < -0.4 is 10.0 Å². The Morgan fingerprint density at radius 3 is 2.52 bits per heavy atom. The summed E-state index contributed by atoms with van der Waals surface area (Å²) in [5.74, 6) is -0.281. The van der Waals surface area contributed by atoms with Gasteiger partial charge in [0.15, 0.2) is 5.13 Å². The van der Waals surface area contributed by atoms with Gasteiger partial charge in [-0.25, -0.2) is 13.4 Å². The van der Waals surface area contributed by atoms with Gasteiger partial charge < -0.3 is 5.11 Å². The van der Waals surface area contributed by atoms with Gasteiger partial charge in [-0.15, -0.1) is 0 Å². The van der Waals surface area contributed by atoms with Crippen LogP contribution in [0.3, 0.4) is 0 Å². The molecule has 0 saturated carbocycles. The van der Waals surface area contributed by atoms with E-state index in [1.807, 2.05) is 6.07 Å². The van der Waals surface area contributed by atoms with Crippen molar-refractivity contribution in [3.05, 3.63) is 83.8 Å². The van der Waals surface area contributed by atoms with Gasteiger partial charge in [-0.3, -0.25) is 19.8 Å². The number of nitrogens with zero attached hydrogens (tertiary/aromatic N) is 2. The number of hydrogen-bond acceptors (Lipinski definition) is 7. The van der Waals surface area contributed by atoms with Gasteiger partial charge in [0.05, 0.1) is 21.0 Å². The fourth-order valence-electron chi connectivity index (χ4n) is 3.15. The lowest BCUT2D eigenvalue weighted by Crippen LogP contribution is -2.14. The third-order valence-corrected chi connectivity index (χ3v) is 7.45. The average molecular weight is 481 g/mol. The zero-order chi connectivity index (χ0) is 23.6. The molecule has 0 saturated heterocycles. The van der Waals surface area contributed by atoms with Gasteiger partial charge in [-0.2, -0.15) is 0 Å². The summed E-state index contributed by atoms with van der Waals surface area (Å²) in [5, 5.41) is 12.6. The Bertz CT molecular complexity index is 1420. The minimum atomic E-state index is -3.87. The molecule has 33 heavy (non-hydrogen) atoms. The Balaban J connectivity index is 1.62. The number of rotatable bonds is 6. The molecule has 0 spiro atoms. The summed E-state index contributed by atoms with van der Waals surface area (Å²) in [6.07, 6.45) is 3.05. The van der Waals surface area contributed by atoms with Crippen LogP contribution >= 0.6 is 11.3 Å². The topological polar surface area (TPSA) is 121 Å². The fraction of sp³-hybridized carbons (Fsp3) is 0.0870. The van der Waals surface area contributed by atoms with Gasteiger partial charge in [0.25, 0.3) is 15.9 Å². The molecular weight excluding hydrogens is 460 g/mol. The maximum Gasteiger partial charge on any atom is 0.262 e. The van der Waals surface area contributed by atoms with E-state index in [1.54, 1.807) is 44.3 Å². The van der Waals surface area contributed by atoms with Gasteiger partial charge in [-0.05, 0) is 67.4 Å². The molecule has 0 atom stereocenters. The number of carbonyl (C=O) groups excluding carboxylic acids is 1. The van der Waals surface area contributed by atoms with E-state index < -0.39 is 10.0 Å². The van der Waals surface area contributed by atoms with Crippen molar-refractivity contribution in [1.82, 2.24) is 9.97 Å². The summed E-state index contributed by atoms with van der Waals surface area (Å²) >= 11 is 1.26. The standard InChI is InChI=1S/C23H20N4O4S2/c1-14-5-6-16(12-20(14)33(30,31)27-18-7-9-19(28)10-8-18)21-15(2)25-23(32-21)26-22(29)17-4-3-11-24-13-17/h3-13,27-28H,1-2H3,(H,25,26,29). The monoisotopic (exact) mass is 480 g/mol. The molecule has 4 aromatic rings. The largest absolute Gasteiger partial charge is 0.508 e. The van der Waals surface area contributed by atoms with Crippen molar-refractivity contribution >= 4 is 38.1 Å². The van der Waals surface area contributed by atoms with Crippen molar-refractivity contribution in [1.29, 1.82) is 0 Å². The van der Waals surface area contributed by atoms with E-state index in [2.05, 4.69) is 20.0 Å². The Morgan fingerprint density at radius 2 is 1.82 bits per heavy atom. The highest BCUT2D eigenvalue weighted by molar-refractivity contribution is 7.92. The molecule has 4 rings (SSSR count). The second-order valence-corrected chi connectivity index (χ2v) is 9.91. The zero-order valence-electron chi connectivity index (χ0n) is 17.7. The summed E-state index contributed by atoms with van der Waals surface area (Å²) in [6, 6.07) is 14.2. The maximum absolute atomic E-state index is 13.0. The van der Waals surface area contributed by atoms with E-state index in [1.165, 1.54) is 41.8 Å². The normalized spacial score (nSPS) is 11.2. The van der Waals surface area contributed by atoms with Crippen LogP contribution in [0.2, 0.25) is 0 Å². The van der Waals surface area contributed by atoms with Crippen molar-refractivity contribution < 1.29 is 18.3 Å². The molecule has 2 heterocycles. The van der Waals surface area contributed by atoms with Crippen molar-refractivity contribution in [3.8, 4) is 16.2 Å². The van der Waals surface area contributed by atoms with Crippen LogP contribution in [0.5, 0.6) is 5.75 Å². The predicted molar refractivity (Wildman–Crippen MR) is 128 cm³/mol. The molecule has 2 aromatic heterocycles. The summed E-state index contributed by atoms with van der Waals surface area (Å²) in [6.45, 7) is 3.52. The number of nitrogens with one attached hydrogen (secondary N) is 2. The summed E-state index contributed by atoms with van der Waals surface area (Å²) in [7, 11) is -3.87. The molecule has 0 aliphatic carbocycles. The molecule has 168 valence electrons. The first kappa shape index (κ1) is 22.4. The van der Waals surface area contributed by atoms with Crippen molar-refractivity contribution in [2.45, 2.75) is 18.7 Å². The second kappa shape index (κ2) is 9.00. The van der Waals surface area contributed by atoms with Crippen LogP contribution in [0.1, 0.15) is 21.6 Å². The number of thiazole rings is 1. The Kier molecular flexibility index (Phi) is 6.12. The smallest absolute Gasteiger partial charge is 0.262 e. The lowest BCUT2D eigenvalue weighted by atomic mass is 10.1. The number of carbonyl (C=O) groups is 1. The molecule has 8 nitrogen and oxygen atoms in total. The number of phenols is 1. The molecule has 2 aromatic carbocycles. The van der Waals surface area contributed by atoms with Crippen LogP contribution in [0.25, 0.3) is 10.4 Å². The predicted octanol–water partition coefficient (Wildman–Crippen LogP) is 4.58. The first-order chi connectivity index (χ1) is 15.7. The summed E-state index contributed by atoms with van der Waals surface area (Å²) in [4.78, 5) is 21.6. The molecule has 0 radical (unpaired) electrons. The number of phenolic OH excluding ortho intramolecular Hbond substituents is 1. The lowest BCUT2D eigenvalue weighted by molar-refractivity contribution is 0.102. The molecule has 0 bridgehead atoms. The highest BCUT2D eigenvalue weighted by atomic mass is 32.2.